The molecule has 0 nitrogen and oxygen atoms in total. The minimum atomic E-state index is 0.562. The summed E-state index contributed by atoms with van der Waals surface area (Å²) in [5.41, 5.74) is 0. The first-order valence-electron chi connectivity index (χ1n) is 9.22. The molecule has 0 radical (unpaired) electrons. The second-order valence-corrected chi connectivity index (χ2v) is 12.0. The van der Waals surface area contributed by atoms with E-state index in [9.17, 15) is 0 Å². The molecule has 0 N–H and O–H groups in total. The number of hydrogen-bond donors (Lipinski definition) is 0. The fourth-order valence-electron chi connectivity index (χ4n) is 3.54. The lowest BCUT2D eigenvalue weighted by Crippen LogP contribution is -2.34. The van der Waals surface area contributed by atoms with Gasteiger partial charge in [0.1, 0.15) is 0 Å². The Balaban J connectivity index is 2.06. The third-order valence-electron chi connectivity index (χ3n) is 4.83. The van der Waals surface area contributed by atoms with Crippen LogP contribution < -0.4 is 0 Å². The zero-order valence-electron chi connectivity index (χ0n) is 14.1. The van der Waals surface area contributed by atoms with Crippen molar-refractivity contribution in [1.82, 2.24) is 0 Å². The van der Waals surface area contributed by atoms with Crippen LogP contribution in [-0.2, 0) is 0 Å². The first-order valence-corrected chi connectivity index (χ1v) is 12.0. The summed E-state index contributed by atoms with van der Waals surface area (Å²) in [6, 6.07) is 0. The van der Waals surface area contributed by atoms with Gasteiger partial charge in [-0.05, 0) is 50.0 Å². The third-order valence-corrected chi connectivity index (χ3v) is 10.5. The molecule has 0 amide bonds. The van der Waals surface area contributed by atoms with Crippen molar-refractivity contribution in [1.29, 1.82) is 0 Å². The Morgan fingerprint density at radius 3 is 1.57 bits per heavy atom. The molecular weight excluding hydrogens is 312 g/mol. The van der Waals surface area contributed by atoms with Gasteiger partial charge in [-0.1, -0.05) is 52.4 Å². The highest BCUT2D eigenvalue weighted by molar-refractivity contribution is 8.25. The molecule has 2 unspecified atom stereocenters. The normalized spacial score (nSPS) is 34.0. The third kappa shape index (κ3) is 5.57. The Hall–Kier alpha value is 1.05. The van der Waals surface area contributed by atoms with Crippen molar-refractivity contribution in [2.45, 2.75) is 99.1 Å². The second kappa shape index (κ2) is 9.37. The Morgan fingerprint density at radius 1 is 0.762 bits per heavy atom. The molecule has 21 heavy (non-hydrogen) atoms. The molecule has 2 aliphatic heterocycles. The van der Waals surface area contributed by atoms with Crippen molar-refractivity contribution >= 4 is 35.3 Å². The molecule has 3 heteroatoms. The van der Waals surface area contributed by atoms with Crippen molar-refractivity contribution in [2.24, 2.45) is 0 Å². The summed E-state index contributed by atoms with van der Waals surface area (Å²) >= 11 is 7.09. The molecule has 2 rings (SSSR count). The van der Waals surface area contributed by atoms with Crippen LogP contribution in [0.25, 0.3) is 0 Å². The summed E-state index contributed by atoms with van der Waals surface area (Å²) in [6.07, 6.45) is 17.3. The van der Waals surface area contributed by atoms with Gasteiger partial charge in [-0.15, -0.1) is 35.3 Å². The van der Waals surface area contributed by atoms with E-state index in [2.05, 4.69) is 49.1 Å². The summed E-state index contributed by atoms with van der Waals surface area (Å²) in [5, 5.41) is 0. The van der Waals surface area contributed by atoms with Crippen molar-refractivity contribution in [3.05, 3.63) is 0 Å². The standard InChI is InChI=1S/C18H34S3/c1-3-5-11-17(13-7-9-15-19-17)21-18(12-6-4-2)14-8-10-16-20-18/h3-16H2,1-2H3. The predicted octanol–water partition coefficient (Wildman–Crippen LogP) is 7.33. The van der Waals surface area contributed by atoms with E-state index in [4.69, 9.17) is 0 Å². The van der Waals surface area contributed by atoms with Crippen molar-refractivity contribution in [3.63, 3.8) is 0 Å². The quantitative estimate of drug-likeness (QED) is 0.451. The smallest absolute Gasteiger partial charge is 0.0625 e. The van der Waals surface area contributed by atoms with Gasteiger partial charge in [0.15, 0.2) is 0 Å². The predicted molar refractivity (Wildman–Crippen MR) is 105 cm³/mol. The fourth-order valence-corrected chi connectivity index (χ4v) is 9.89. The van der Waals surface area contributed by atoms with Gasteiger partial charge in [-0.25, -0.2) is 0 Å². The van der Waals surface area contributed by atoms with Gasteiger partial charge < -0.3 is 0 Å². The highest BCUT2D eigenvalue weighted by Crippen LogP contribution is 2.60. The van der Waals surface area contributed by atoms with Gasteiger partial charge in [0, 0.05) is 0 Å². The molecule has 2 aliphatic rings. The minimum absolute atomic E-state index is 0.562. The van der Waals surface area contributed by atoms with Crippen molar-refractivity contribution in [3.8, 4) is 0 Å². The molecule has 0 aliphatic carbocycles. The number of thioether (sulfide) groups is 3. The fraction of sp³-hybridized carbons (Fsp3) is 1.00. The molecule has 0 aromatic rings. The molecule has 0 aromatic carbocycles. The maximum Gasteiger partial charge on any atom is 0.0625 e. The van der Waals surface area contributed by atoms with E-state index >= 15 is 0 Å². The van der Waals surface area contributed by atoms with E-state index in [0.29, 0.717) is 8.16 Å². The number of rotatable bonds is 8. The molecule has 2 saturated heterocycles. The topological polar surface area (TPSA) is 0 Å². The summed E-state index contributed by atoms with van der Waals surface area (Å²) in [5.74, 6) is 2.82. The largest absolute Gasteiger partial charge is 0.144 e. The Bertz CT molecular complexity index is 250. The SMILES string of the molecule is CCCCC1(SC2(CCCC)CCCCS2)CCCCS1. The molecule has 2 heterocycles. The average Bonchev–Trinajstić information content (AvgIpc) is 2.53. The van der Waals surface area contributed by atoms with Gasteiger partial charge in [0.2, 0.25) is 0 Å². The van der Waals surface area contributed by atoms with Crippen LogP contribution in [0.15, 0.2) is 0 Å². The lowest BCUT2D eigenvalue weighted by atomic mass is 10.1. The molecule has 0 saturated carbocycles. The van der Waals surface area contributed by atoms with E-state index in [1.807, 2.05) is 0 Å². The molecule has 0 aromatic heterocycles. The van der Waals surface area contributed by atoms with Gasteiger partial charge in [-0.3, -0.25) is 0 Å². The molecule has 2 fully saturated rings. The first kappa shape index (κ1) is 18.4. The van der Waals surface area contributed by atoms with E-state index in [1.165, 1.54) is 88.6 Å². The highest BCUT2D eigenvalue weighted by Gasteiger charge is 2.43. The average molecular weight is 347 g/mol. The van der Waals surface area contributed by atoms with Crippen molar-refractivity contribution < 1.29 is 0 Å². The Labute approximate surface area is 145 Å². The zero-order chi connectivity index (χ0) is 15.0. The molecule has 124 valence electrons. The van der Waals surface area contributed by atoms with Gasteiger partial charge in [0.05, 0.1) is 8.16 Å². The van der Waals surface area contributed by atoms with Crippen LogP contribution in [0.5, 0.6) is 0 Å². The molecule has 0 bridgehead atoms. The summed E-state index contributed by atoms with van der Waals surface area (Å²) < 4.78 is 1.12. The molecular formula is C18H34S3. The van der Waals surface area contributed by atoms with Crippen LogP contribution in [0.4, 0.5) is 0 Å². The minimum Gasteiger partial charge on any atom is -0.144 e. The van der Waals surface area contributed by atoms with Crippen LogP contribution >= 0.6 is 35.3 Å². The van der Waals surface area contributed by atoms with E-state index in [0.717, 1.165) is 0 Å². The summed E-state index contributed by atoms with van der Waals surface area (Å²) in [6.45, 7) is 4.71. The van der Waals surface area contributed by atoms with E-state index in [1.54, 1.807) is 0 Å². The van der Waals surface area contributed by atoms with Crippen LogP contribution in [0.3, 0.4) is 0 Å². The Morgan fingerprint density at radius 2 is 1.24 bits per heavy atom. The van der Waals surface area contributed by atoms with Gasteiger partial charge >= 0.3 is 0 Å². The lowest BCUT2D eigenvalue weighted by molar-refractivity contribution is 0.541. The monoisotopic (exact) mass is 346 g/mol. The summed E-state index contributed by atoms with van der Waals surface area (Å²) in [7, 11) is 0. The highest BCUT2D eigenvalue weighted by atomic mass is 32.2. The maximum absolute atomic E-state index is 2.44. The van der Waals surface area contributed by atoms with Crippen LogP contribution in [0.1, 0.15) is 90.9 Å². The Kier molecular flexibility index (Phi) is 8.21. The number of hydrogen-bond acceptors (Lipinski definition) is 3. The van der Waals surface area contributed by atoms with Crippen LogP contribution in [-0.4, -0.2) is 19.7 Å². The van der Waals surface area contributed by atoms with E-state index in [-0.39, 0.29) is 0 Å². The van der Waals surface area contributed by atoms with Crippen LogP contribution in [0, 0.1) is 0 Å². The van der Waals surface area contributed by atoms with E-state index < -0.39 is 0 Å². The zero-order valence-corrected chi connectivity index (χ0v) is 16.6. The van der Waals surface area contributed by atoms with Gasteiger partial charge in [-0.2, -0.15) is 0 Å². The van der Waals surface area contributed by atoms with Crippen molar-refractivity contribution in [2.75, 3.05) is 11.5 Å². The molecule has 2 atom stereocenters. The number of unbranched alkanes of at least 4 members (excludes halogenated alkanes) is 2. The maximum atomic E-state index is 2.44. The summed E-state index contributed by atoms with van der Waals surface area (Å²) in [4.78, 5) is 0. The lowest BCUT2D eigenvalue weighted by Gasteiger charge is -2.46. The molecule has 0 spiro atoms. The second-order valence-electron chi connectivity index (χ2n) is 6.74. The van der Waals surface area contributed by atoms with Gasteiger partial charge in [0.25, 0.3) is 0 Å². The first-order chi connectivity index (χ1) is 10.2. The van der Waals surface area contributed by atoms with Crippen LogP contribution in [0.2, 0.25) is 0 Å².